The first-order valence-electron chi connectivity index (χ1n) is 8.39. The molecule has 5 heteroatoms. The summed E-state index contributed by atoms with van der Waals surface area (Å²) in [6.07, 6.45) is 1.70. The summed E-state index contributed by atoms with van der Waals surface area (Å²) in [5.41, 5.74) is 7.07. The van der Waals surface area contributed by atoms with E-state index in [2.05, 4.69) is 19.2 Å². The van der Waals surface area contributed by atoms with E-state index in [1.807, 2.05) is 24.3 Å². The number of hydrogen-bond donors (Lipinski definition) is 2. The van der Waals surface area contributed by atoms with Gasteiger partial charge >= 0.3 is 0 Å². The first-order valence-corrected chi connectivity index (χ1v) is 8.39. The molecule has 0 aliphatic carbocycles. The molecule has 0 aromatic heterocycles. The van der Waals surface area contributed by atoms with Crippen LogP contribution in [0, 0.1) is 11.8 Å². The van der Waals surface area contributed by atoms with E-state index in [9.17, 15) is 4.79 Å². The molecule has 23 heavy (non-hydrogen) atoms. The zero-order valence-corrected chi connectivity index (χ0v) is 14.1. The SMILES string of the molecule is CC(C)COc1ccccc1CNC(=O)C(N)C1CCOCC1. The molecule has 0 bridgehead atoms. The van der Waals surface area contributed by atoms with E-state index >= 15 is 0 Å². The standard InChI is InChI=1S/C18H28N2O3/c1-13(2)12-23-16-6-4-3-5-15(16)11-20-18(21)17(19)14-7-9-22-10-8-14/h3-6,13-14,17H,7-12,19H2,1-2H3,(H,20,21). The quantitative estimate of drug-likeness (QED) is 0.807. The lowest BCUT2D eigenvalue weighted by Crippen LogP contribution is -2.46. The van der Waals surface area contributed by atoms with Gasteiger partial charge in [0.25, 0.3) is 0 Å². The van der Waals surface area contributed by atoms with Crippen LogP contribution in [0.1, 0.15) is 32.3 Å². The maximum absolute atomic E-state index is 12.3. The molecular weight excluding hydrogens is 292 g/mol. The van der Waals surface area contributed by atoms with Crippen molar-refractivity contribution in [2.75, 3.05) is 19.8 Å². The number of benzene rings is 1. The molecule has 1 aromatic carbocycles. The molecule has 1 atom stereocenters. The highest BCUT2D eigenvalue weighted by atomic mass is 16.5. The fraction of sp³-hybridized carbons (Fsp3) is 0.611. The lowest BCUT2D eigenvalue weighted by Gasteiger charge is -2.26. The predicted octanol–water partition coefficient (Wildman–Crippen LogP) is 2.09. The average Bonchev–Trinajstić information content (AvgIpc) is 2.58. The number of carbonyl (C=O) groups is 1. The van der Waals surface area contributed by atoms with Gasteiger partial charge in [-0.1, -0.05) is 32.0 Å². The van der Waals surface area contributed by atoms with Crippen LogP contribution in [0.4, 0.5) is 0 Å². The number of hydrogen-bond acceptors (Lipinski definition) is 4. The number of nitrogens with two attached hydrogens (primary N) is 1. The maximum atomic E-state index is 12.3. The fourth-order valence-corrected chi connectivity index (χ4v) is 2.64. The molecule has 1 fully saturated rings. The Balaban J connectivity index is 1.88. The van der Waals surface area contributed by atoms with Crippen molar-refractivity contribution in [1.82, 2.24) is 5.32 Å². The van der Waals surface area contributed by atoms with Gasteiger partial charge in [0.2, 0.25) is 5.91 Å². The largest absolute Gasteiger partial charge is 0.493 e. The molecule has 5 nitrogen and oxygen atoms in total. The summed E-state index contributed by atoms with van der Waals surface area (Å²) < 4.78 is 11.1. The van der Waals surface area contributed by atoms with Crippen LogP contribution in [0.25, 0.3) is 0 Å². The lowest BCUT2D eigenvalue weighted by molar-refractivity contribution is -0.124. The topological polar surface area (TPSA) is 73.6 Å². The first kappa shape index (κ1) is 17.8. The Kier molecular flexibility index (Phi) is 6.86. The molecule has 0 radical (unpaired) electrons. The summed E-state index contributed by atoms with van der Waals surface area (Å²) >= 11 is 0. The summed E-state index contributed by atoms with van der Waals surface area (Å²) in [7, 11) is 0. The molecule has 0 saturated carbocycles. The van der Waals surface area contributed by atoms with E-state index in [-0.39, 0.29) is 11.8 Å². The summed E-state index contributed by atoms with van der Waals surface area (Å²) in [5, 5.41) is 2.94. The Bertz CT molecular complexity index is 499. The third-order valence-electron chi connectivity index (χ3n) is 4.07. The zero-order valence-electron chi connectivity index (χ0n) is 14.1. The minimum atomic E-state index is -0.470. The Labute approximate surface area is 138 Å². The van der Waals surface area contributed by atoms with Crippen molar-refractivity contribution in [1.29, 1.82) is 0 Å². The smallest absolute Gasteiger partial charge is 0.237 e. The van der Waals surface area contributed by atoms with Crippen molar-refractivity contribution in [3.63, 3.8) is 0 Å². The molecule has 0 spiro atoms. The van der Waals surface area contributed by atoms with Crippen LogP contribution < -0.4 is 15.8 Å². The van der Waals surface area contributed by atoms with Crippen LogP contribution in [0.15, 0.2) is 24.3 Å². The number of ether oxygens (including phenoxy) is 2. The summed E-state index contributed by atoms with van der Waals surface area (Å²) in [6.45, 7) is 6.69. The molecule has 1 aliphatic heterocycles. The molecule has 2 rings (SSSR count). The van der Waals surface area contributed by atoms with Crippen LogP contribution in [-0.4, -0.2) is 31.8 Å². The van der Waals surface area contributed by atoms with E-state index in [0.717, 1.165) is 24.2 Å². The molecule has 1 saturated heterocycles. The van der Waals surface area contributed by atoms with Gasteiger partial charge in [0, 0.05) is 25.3 Å². The third-order valence-corrected chi connectivity index (χ3v) is 4.07. The van der Waals surface area contributed by atoms with E-state index in [0.29, 0.717) is 32.3 Å². The normalized spacial score (nSPS) is 17.0. The number of nitrogens with one attached hydrogen (secondary N) is 1. The van der Waals surface area contributed by atoms with Crippen LogP contribution in [0.3, 0.4) is 0 Å². The van der Waals surface area contributed by atoms with Crippen LogP contribution in [0.5, 0.6) is 5.75 Å². The molecule has 3 N–H and O–H groups in total. The van der Waals surface area contributed by atoms with Gasteiger partial charge in [0.1, 0.15) is 5.75 Å². The summed E-state index contributed by atoms with van der Waals surface area (Å²) in [6, 6.07) is 7.32. The van der Waals surface area contributed by atoms with Crippen molar-refractivity contribution in [3.05, 3.63) is 29.8 Å². The highest BCUT2D eigenvalue weighted by Crippen LogP contribution is 2.20. The van der Waals surface area contributed by atoms with Gasteiger partial charge in [-0.25, -0.2) is 0 Å². The number of carbonyl (C=O) groups excluding carboxylic acids is 1. The van der Waals surface area contributed by atoms with Crippen molar-refractivity contribution in [2.24, 2.45) is 17.6 Å². The fourth-order valence-electron chi connectivity index (χ4n) is 2.64. The number of amides is 1. The Morgan fingerprint density at radius 2 is 2.04 bits per heavy atom. The Morgan fingerprint density at radius 3 is 2.74 bits per heavy atom. The zero-order chi connectivity index (χ0) is 16.7. The van der Waals surface area contributed by atoms with Crippen LogP contribution in [0.2, 0.25) is 0 Å². The van der Waals surface area contributed by atoms with Crippen LogP contribution >= 0.6 is 0 Å². The highest BCUT2D eigenvalue weighted by Gasteiger charge is 2.26. The molecule has 1 aliphatic rings. The van der Waals surface area contributed by atoms with E-state index in [4.69, 9.17) is 15.2 Å². The first-order chi connectivity index (χ1) is 11.1. The maximum Gasteiger partial charge on any atom is 0.237 e. The second kappa shape index (κ2) is 8.89. The molecule has 128 valence electrons. The van der Waals surface area contributed by atoms with Crippen molar-refractivity contribution in [3.8, 4) is 5.75 Å². The van der Waals surface area contributed by atoms with Crippen molar-refractivity contribution < 1.29 is 14.3 Å². The van der Waals surface area contributed by atoms with Gasteiger partial charge in [-0.3, -0.25) is 4.79 Å². The predicted molar refractivity (Wildman–Crippen MR) is 90.1 cm³/mol. The summed E-state index contributed by atoms with van der Waals surface area (Å²) in [5.74, 6) is 1.38. The van der Waals surface area contributed by atoms with Gasteiger partial charge in [0.05, 0.1) is 12.6 Å². The molecule has 1 unspecified atom stereocenters. The van der Waals surface area contributed by atoms with Gasteiger partial charge in [-0.15, -0.1) is 0 Å². The van der Waals surface area contributed by atoms with E-state index in [1.165, 1.54) is 0 Å². The number of para-hydroxylation sites is 1. The molecule has 1 heterocycles. The minimum absolute atomic E-state index is 0.101. The third kappa shape index (κ3) is 5.52. The van der Waals surface area contributed by atoms with Crippen LogP contribution in [-0.2, 0) is 16.1 Å². The van der Waals surface area contributed by atoms with E-state index in [1.54, 1.807) is 0 Å². The van der Waals surface area contributed by atoms with Gasteiger partial charge < -0.3 is 20.5 Å². The van der Waals surface area contributed by atoms with E-state index < -0.39 is 6.04 Å². The van der Waals surface area contributed by atoms with Gasteiger partial charge in [-0.2, -0.15) is 0 Å². The minimum Gasteiger partial charge on any atom is -0.493 e. The molecular formula is C18H28N2O3. The Morgan fingerprint density at radius 1 is 1.35 bits per heavy atom. The average molecular weight is 320 g/mol. The second-order valence-electron chi connectivity index (χ2n) is 6.51. The molecule has 1 aromatic rings. The van der Waals surface area contributed by atoms with Gasteiger partial charge in [0.15, 0.2) is 0 Å². The lowest BCUT2D eigenvalue weighted by atomic mass is 9.92. The van der Waals surface area contributed by atoms with Crippen molar-refractivity contribution >= 4 is 5.91 Å². The molecule has 1 amide bonds. The number of rotatable bonds is 7. The van der Waals surface area contributed by atoms with Crippen molar-refractivity contribution in [2.45, 2.75) is 39.3 Å². The van der Waals surface area contributed by atoms with Gasteiger partial charge in [-0.05, 0) is 30.7 Å². The summed E-state index contributed by atoms with van der Waals surface area (Å²) in [4.78, 5) is 12.3. The Hall–Kier alpha value is -1.59. The second-order valence-corrected chi connectivity index (χ2v) is 6.51. The monoisotopic (exact) mass is 320 g/mol. The highest BCUT2D eigenvalue weighted by molar-refractivity contribution is 5.81.